The zero-order valence-electron chi connectivity index (χ0n) is 22.4. The van der Waals surface area contributed by atoms with Crippen molar-refractivity contribution in [3.63, 3.8) is 0 Å². The number of aliphatic hydroxyl groups is 2. The van der Waals surface area contributed by atoms with E-state index in [-0.39, 0.29) is 39.3 Å². The van der Waals surface area contributed by atoms with Crippen molar-refractivity contribution in [3.05, 3.63) is 29.3 Å². The van der Waals surface area contributed by atoms with Crippen LogP contribution in [-0.2, 0) is 46.2 Å². The molecule has 1 aromatic carbocycles. The summed E-state index contributed by atoms with van der Waals surface area (Å²) in [6, 6.07) is 2.48. The van der Waals surface area contributed by atoms with Gasteiger partial charge in [-0.2, -0.15) is 0 Å². The molecule has 0 saturated carbocycles. The van der Waals surface area contributed by atoms with E-state index in [4.69, 9.17) is 18.9 Å². The van der Waals surface area contributed by atoms with E-state index in [1.807, 2.05) is 0 Å². The number of ether oxygens (including phenoxy) is 4. The van der Waals surface area contributed by atoms with Gasteiger partial charge in [0.25, 0.3) is 0 Å². The molecule has 1 aliphatic heterocycles. The molecule has 0 aliphatic carbocycles. The first-order chi connectivity index (χ1) is 18.9. The van der Waals surface area contributed by atoms with E-state index in [2.05, 4.69) is 17.6 Å². The minimum Gasteiger partial charge on any atom is -0.494 e. The van der Waals surface area contributed by atoms with Gasteiger partial charge < -0.3 is 39.8 Å². The lowest BCUT2D eigenvalue weighted by Crippen LogP contribution is -2.45. The quantitative estimate of drug-likeness (QED) is 0.245. The molecule has 12 heteroatoms. The van der Waals surface area contributed by atoms with Gasteiger partial charge in [0.2, 0.25) is 11.8 Å². The second-order valence-corrected chi connectivity index (χ2v) is 9.15. The van der Waals surface area contributed by atoms with Crippen molar-refractivity contribution >= 4 is 23.8 Å². The Morgan fingerprint density at radius 1 is 0.769 bits per heavy atom. The number of nitrogens with one attached hydrogen (secondary N) is 2. The van der Waals surface area contributed by atoms with Gasteiger partial charge >= 0.3 is 11.9 Å². The third-order valence-corrected chi connectivity index (χ3v) is 5.82. The van der Waals surface area contributed by atoms with Crippen molar-refractivity contribution in [3.8, 4) is 5.75 Å². The Morgan fingerprint density at radius 3 is 1.77 bits per heavy atom. The summed E-state index contributed by atoms with van der Waals surface area (Å²) in [6.07, 6.45) is 4.97. The third kappa shape index (κ3) is 12.5. The second kappa shape index (κ2) is 18.1. The number of esters is 2. The van der Waals surface area contributed by atoms with E-state index in [0.717, 1.165) is 32.1 Å². The Labute approximate surface area is 228 Å². The van der Waals surface area contributed by atoms with E-state index in [1.54, 1.807) is 18.2 Å². The number of benzene rings is 1. The number of amides is 2. The molecule has 0 spiro atoms. The summed E-state index contributed by atoms with van der Waals surface area (Å²) in [5.74, 6) is -2.24. The maximum atomic E-state index is 12.7. The van der Waals surface area contributed by atoms with Crippen LogP contribution in [0.2, 0.25) is 0 Å². The zero-order chi connectivity index (χ0) is 28.5. The molecule has 0 radical (unpaired) electrons. The topological polar surface area (TPSA) is 170 Å². The summed E-state index contributed by atoms with van der Waals surface area (Å²) in [7, 11) is 0. The van der Waals surface area contributed by atoms with Gasteiger partial charge in [0.15, 0.2) is 12.1 Å². The lowest BCUT2D eigenvalue weighted by Gasteiger charge is -2.18. The lowest BCUT2D eigenvalue weighted by atomic mass is 10.0. The fraction of sp³-hybridized carbons (Fsp3) is 0.630. The number of unbranched alkanes of at least 4 members (excludes halogenated alkanes) is 4. The highest BCUT2D eigenvalue weighted by Crippen LogP contribution is 2.20. The summed E-state index contributed by atoms with van der Waals surface area (Å²) in [6.45, 7) is 0.990. The second-order valence-electron chi connectivity index (χ2n) is 9.15. The molecule has 0 fully saturated rings. The average Bonchev–Trinajstić information content (AvgIpc) is 2.90. The van der Waals surface area contributed by atoms with Crippen molar-refractivity contribution in [1.29, 1.82) is 0 Å². The molecule has 39 heavy (non-hydrogen) atoms. The number of aliphatic hydroxyl groups excluding tert-OH is 2. The van der Waals surface area contributed by atoms with Gasteiger partial charge in [0.1, 0.15) is 19.0 Å². The molecule has 2 amide bonds. The molecule has 2 rings (SSSR count). The third-order valence-electron chi connectivity index (χ3n) is 5.82. The SMILES string of the molecule is CCCCCCCOc1cc2cc(c1)CC(=O)N[C@H](CO)C(=O)OCCOCCOC(=O)[C@H](CO)NC(=O)C2. The maximum absolute atomic E-state index is 12.7. The standard InChI is InChI=1S/C27H40N2O10/c1-2-3-4-5-6-7-37-21-13-19-12-20(14-21)16-25(33)29-23(18-31)27(35)39-11-9-36-8-10-38-26(34)22(17-30)28-24(32)15-19/h12-14,22-23,30-31H,2-11,15-18H2,1H3,(H,28,32)(H,29,33)/t22-,23+. The van der Waals surface area contributed by atoms with Gasteiger partial charge in [-0.1, -0.05) is 38.7 Å². The molecule has 0 aromatic heterocycles. The van der Waals surface area contributed by atoms with Crippen molar-refractivity contribution in [2.75, 3.05) is 46.2 Å². The lowest BCUT2D eigenvalue weighted by molar-refractivity contribution is -0.152. The predicted molar refractivity (Wildman–Crippen MR) is 139 cm³/mol. The van der Waals surface area contributed by atoms with Crippen LogP contribution in [0.5, 0.6) is 5.75 Å². The molecule has 0 saturated heterocycles. The van der Waals surface area contributed by atoms with E-state index in [0.29, 0.717) is 23.5 Å². The number of hydrogen-bond acceptors (Lipinski definition) is 10. The molecule has 1 heterocycles. The highest BCUT2D eigenvalue weighted by molar-refractivity contribution is 5.87. The van der Waals surface area contributed by atoms with Crippen LogP contribution in [0.15, 0.2) is 18.2 Å². The van der Waals surface area contributed by atoms with E-state index >= 15 is 0 Å². The predicted octanol–water partition coefficient (Wildman–Crippen LogP) is 0.192. The highest BCUT2D eigenvalue weighted by atomic mass is 16.6. The van der Waals surface area contributed by atoms with Crippen LogP contribution < -0.4 is 15.4 Å². The van der Waals surface area contributed by atoms with Crippen LogP contribution in [0.1, 0.15) is 50.2 Å². The van der Waals surface area contributed by atoms with Gasteiger partial charge in [0, 0.05) is 0 Å². The number of fused-ring (bicyclic) bond motifs is 2. The average molecular weight is 553 g/mol. The fourth-order valence-electron chi connectivity index (χ4n) is 3.84. The molecular formula is C27H40N2O10. The number of cyclic esters (lactones) is 2. The minimum atomic E-state index is -1.26. The molecular weight excluding hydrogens is 512 g/mol. The Kier molecular flexibility index (Phi) is 14.9. The van der Waals surface area contributed by atoms with E-state index in [1.165, 1.54) is 0 Å². The maximum Gasteiger partial charge on any atom is 0.331 e. The minimum absolute atomic E-state index is 0.0102. The number of hydrogen-bond donors (Lipinski definition) is 4. The van der Waals surface area contributed by atoms with Gasteiger partial charge in [-0.05, 0) is 29.7 Å². The van der Waals surface area contributed by atoms with E-state index in [9.17, 15) is 29.4 Å². The molecule has 2 bridgehead atoms. The van der Waals surface area contributed by atoms with Crippen molar-refractivity contribution < 1.29 is 48.3 Å². The van der Waals surface area contributed by atoms with Crippen molar-refractivity contribution in [2.24, 2.45) is 0 Å². The molecule has 4 N–H and O–H groups in total. The highest BCUT2D eigenvalue weighted by Gasteiger charge is 2.24. The van der Waals surface area contributed by atoms with E-state index < -0.39 is 49.1 Å². The first-order valence-electron chi connectivity index (χ1n) is 13.3. The van der Waals surface area contributed by atoms with Crippen LogP contribution in [0, 0.1) is 0 Å². The summed E-state index contributed by atoms with van der Waals surface area (Å²) >= 11 is 0. The van der Waals surface area contributed by atoms with Gasteiger partial charge in [-0.15, -0.1) is 0 Å². The van der Waals surface area contributed by atoms with Gasteiger partial charge in [-0.3, -0.25) is 9.59 Å². The Bertz CT molecular complexity index is 877. The number of rotatable bonds is 9. The molecule has 2 atom stereocenters. The van der Waals surface area contributed by atoms with Crippen LogP contribution in [0.3, 0.4) is 0 Å². The zero-order valence-corrected chi connectivity index (χ0v) is 22.4. The smallest absolute Gasteiger partial charge is 0.331 e. The number of carbonyl (C=O) groups is 4. The molecule has 0 unspecified atom stereocenters. The van der Waals surface area contributed by atoms with Crippen molar-refractivity contribution in [1.82, 2.24) is 10.6 Å². The van der Waals surface area contributed by atoms with Crippen LogP contribution in [0.4, 0.5) is 0 Å². The molecule has 1 aromatic rings. The molecule has 1 aliphatic rings. The van der Waals surface area contributed by atoms with Gasteiger partial charge in [0.05, 0.1) is 45.9 Å². The van der Waals surface area contributed by atoms with Crippen LogP contribution >= 0.6 is 0 Å². The summed E-state index contributed by atoms with van der Waals surface area (Å²) in [4.78, 5) is 49.9. The van der Waals surface area contributed by atoms with Crippen molar-refractivity contribution in [2.45, 2.75) is 64.0 Å². The summed E-state index contributed by atoms with van der Waals surface area (Å²) < 4.78 is 21.2. The first kappa shape index (κ1) is 32.0. The largest absolute Gasteiger partial charge is 0.494 e. The Balaban J connectivity index is 2.21. The van der Waals surface area contributed by atoms with Crippen LogP contribution in [-0.4, -0.2) is 92.3 Å². The molecule has 218 valence electrons. The van der Waals surface area contributed by atoms with Gasteiger partial charge in [-0.25, -0.2) is 9.59 Å². The summed E-state index contributed by atoms with van der Waals surface area (Å²) in [5.41, 5.74) is 1.04. The normalized spacial score (nSPS) is 20.3. The molecule has 12 nitrogen and oxygen atoms in total. The first-order valence-corrected chi connectivity index (χ1v) is 13.3. The number of carbonyl (C=O) groups excluding carboxylic acids is 4. The van der Waals surface area contributed by atoms with Crippen LogP contribution in [0.25, 0.3) is 0 Å². The Hall–Kier alpha value is -3.22. The summed E-state index contributed by atoms with van der Waals surface area (Å²) in [5, 5.41) is 24.1. The Morgan fingerprint density at radius 2 is 1.28 bits per heavy atom. The fourth-order valence-corrected chi connectivity index (χ4v) is 3.84. The monoisotopic (exact) mass is 552 g/mol.